The van der Waals surface area contributed by atoms with Crippen molar-refractivity contribution in [3.8, 4) is 11.4 Å². The highest BCUT2D eigenvalue weighted by atomic mass is 32.2. The molecule has 4 aromatic heterocycles. The number of aromatic nitrogens is 6. The minimum atomic E-state index is -4.00. The van der Waals surface area contributed by atoms with E-state index in [9.17, 15) is 13.2 Å². The van der Waals surface area contributed by atoms with Crippen LogP contribution in [0.2, 0.25) is 0 Å². The normalized spacial score (nSPS) is 15.8. The van der Waals surface area contributed by atoms with Gasteiger partial charge in [-0.05, 0) is 42.8 Å². The zero-order chi connectivity index (χ0) is 27.7. The zero-order valence-corrected chi connectivity index (χ0v) is 23.2. The van der Waals surface area contributed by atoms with E-state index in [0.717, 1.165) is 28.5 Å². The Hall–Kier alpha value is -4.07. The third-order valence-electron chi connectivity index (χ3n) is 6.66. The Labute approximate surface area is 234 Å². The molecule has 2 N–H and O–H groups in total. The van der Waals surface area contributed by atoms with Gasteiger partial charge in [0.2, 0.25) is 5.95 Å². The van der Waals surface area contributed by atoms with E-state index in [0.29, 0.717) is 28.8 Å². The van der Waals surface area contributed by atoms with E-state index < -0.39 is 15.6 Å². The summed E-state index contributed by atoms with van der Waals surface area (Å²) in [6.45, 7) is 4.15. The molecule has 0 spiro atoms. The van der Waals surface area contributed by atoms with Gasteiger partial charge >= 0.3 is 0 Å². The first kappa shape index (κ1) is 26.2. The molecular formula is C27H26N8O3S2. The van der Waals surface area contributed by atoms with Crippen molar-refractivity contribution in [2.45, 2.75) is 23.6 Å². The van der Waals surface area contributed by atoms with E-state index in [4.69, 9.17) is 0 Å². The van der Waals surface area contributed by atoms with E-state index in [2.05, 4.69) is 42.7 Å². The maximum atomic E-state index is 13.6. The second-order valence-corrected chi connectivity index (χ2v) is 12.3. The Kier molecular flexibility index (Phi) is 7.09. The van der Waals surface area contributed by atoms with Crippen molar-refractivity contribution in [1.29, 1.82) is 0 Å². The summed E-state index contributed by atoms with van der Waals surface area (Å²) < 4.78 is 29.1. The summed E-state index contributed by atoms with van der Waals surface area (Å²) in [5.41, 5.74) is 2.26. The number of nitrogens with zero attached hydrogens (tertiary/aromatic N) is 6. The van der Waals surface area contributed by atoms with Crippen LogP contribution in [0.15, 0.2) is 83.1 Å². The van der Waals surface area contributed by atoms with Crippen LogP contribution in [0.1, 0.15) is 17.7 Å². The molecule has 204 valence electrons. The van der Waals surface area contributed by atoms with Crippen molar-refractivity contribution in [3.05, 3.63) is 89.4 Å². The number of benzene rings is 1. The molecule has 40 heavy (non-hydrogen) atoms. The Bertz CT molecular complexity index is 1830. The molecule has 1 fully saturated rings. The predicted molar refractivity (Wildman–Crippen MR) is 155 cm³/mol. The molecule has 1 unspecified atom stereocenters. The minimum Gasteiger partial charge on any atom is -0.324 e. The molecule has 13 heteroatoms. The van der Waals surface area contributed by atoms with Crippen molar-refractivity contribution in [1.82, 2.24) is 33.8 Å². The average molecular weight is 575 g/mol. The van der Waals surface area contributed by atoms with Crippen LogP contribution in [0.4, 0.5) is 11.6 Å². The molecular weight excluding hydrogens is 548 g/mol. The number of nitrogens with one attached hydrogen (secondary N) is 2. The van der Waals surface area contributed by atoms with Crippen molar-refractivity contribution < 1.29 is 8.42 Å². The lowest BCUT2D eigenvalue weighted by Gasteiger charge is -2.22. The lowest BCUT2D eigenvalue weighted by atomic mass is 10.1. The smallest absolute Gasteiger partial charge is 0.269 e. The van der Waals surface area contributed by atoms with Crippen LogP contribution < -0.4 is 16.2 Å². The fourth-order valence-corrected chi connectivity index (χ4v) is 7.07. The number of imidazole rings is 1. The molecule has 1 atom stereocenters. The number of hydrogen-bond donors (Lipinski definition) is 2. The standard InChI is InChI=1S/C27H26N8O3S2/c1-2-34-24-19(16-31-27(33-24)32-20-5-3-18(4-6-20)23-17-29-12-14-39-23)15-22(26(34)36)25-30-11-13-35(25)40(37,38)21-7-9-28-10-8-21/h3-11,13,15-16,23,29H,2,12,14,17H2,1H3,(H,31,32,33). The summed E-state index contributed by atoms with van der Waals surface area (Å²) in [5, 5.41) is 7.67. The van der Waals surface area contributed by atoms with E-state index in [-0.39, 0.29) is 16.3 Å². The van der Waals surface area contributed by atoms with Gasteiger partial charge in [-0.1, -0.05) is 12.1 Å². The van der Waals surface area contributed by atoms with E-state index in [1.54, 1.807) is 12.3 Å². The highest BCUT2D eigenvalue weighted by molar-refractivity contribution is 7.99. The monoisotopic (exact) mass is 574 g/mol. The fraction of sp³-hybridized carbons (Fsp3) is 0.222. The van der Waals surface area contributed by atoms with E-state index in [1.165, 1.54) is 47.1 Å². The predicted octanol–water partition coefficient (Wildman–Crippen LogP) is 3.43. The van der Waals surface area contributed by atoms with E-state index >= 15 is 0 Å². The Morgan fingerprint density at radius 1 is 1.10 bits per heavy atom. The van der Waals surface area contributed by atoms with Crippen molar-refractivity contribution in [2.75, 3.05) is 24.2 Å². The maximum Gasteiger partial charge on any atom is 0.269 e. The first-order chi connectivity index (χ1) is 19.5. The number of aryl methyl sites for hydroxylation is 1. The Morgan fingerprint density at radius 2 is 1.90 bits per heavy atom. The molecule has 11 nitrogen and oxygen atoms in total. The number of rotatable bonds is 7. The van der Waals surface area contributed by atoms with Crippen molar-refractivity contribution >= 4 is 44.5 Å². The van der Waals surface area contributed by atoms with Crippen LogP contribution in [-0.4, -0.2) is 55.7 Å². The van der Waals surface area contributed by atoms with E-state index in [1.807, 2.05) is 30.8 Å². The molecule has 0 saturated carbocycles. The largest absolute Gasteiger partial charge is 0.324 e. The van der Waals surface area contributed by atoms with Gasteiger partial charge in [0, 0.05) is 72.7 Å². The summed E-state index contributed by atoms with van der Waals surface area (Å²) in [6, 6.07) is 12.6. The van der Waals surface area contributed by atoms with Crippen molar-refractivity contribution in [2.24, 2.45) is 0 Å². The first-order valence-electron chi connectivity index (χ1n) is 12.7. The lowest BCUT2D eigenvalue weighted by molar-refractivity contribution is 0.587. The van der Waals surface area contributed by atoms with Crippen LogP contribution in [0.5, 0.6) is 0 Å². The molecule has 0 aliphatic carbocycles. The second-order valence-electron chi connectivity index (χ2n) is 9.13. The molecule has 6 rings (SSSR count). The van der Waals surface area contributed by atoms with Crippen LogP contribution >= 0.6 is 11.8 Å². The Balaban J connectivity index is 1.34. The highest BCUT2D eigenvalue weighted by Gasteiger charge is 2.24. The number of thioether (sulfide) groups is 1. The number of hydrogen-bond acceptors (Lipinski definition) is 10. The third-order valence-corrected chi connectivity index (χ3v) is 9.63. The molecule has 0 amide bonds. The SMILES string of the molecule is CCn1c(=O)c(-c2nccn2S(=O)(=O)c2ccncc2)cc2cnc(Nc3ccc(C4CNCCS4)cc3)nc21. The quantitative estimate of drug-likeness (QED) is 0.297. The van der Waals surface area contributed by atoms with Gasteiger partial charge < -0.3 is 10.6 Å². The summed E-state index contributed by atoms with van der Waals surface area (Å²) in [4.78, 5) is 30.8. The van der Waals surface area contributed by atoms with Crippen LogP contribution in [0.3, 0.4) is 0 Å². The number of anilines is 2. The van der Waals surface area contributed by atoms with Crippen LogP contribution in [0.25, 0.3) is 22.4 Å². The van der Waals surface area contributed by atoms with Crippen LogP contribution in [-0.2, 0) is 16.6 Å². The molecule has 1 aliphatic rings. The third kappa shape index (κ3) is 4.87. The molecule has 5 aromatic rings. The Morgan fingerprint density at radius 3 is 2.62 bits per heavy atom. The van der Waals surface area contributed by atoms with Gasteiger partial charge in [0.05, 0.1) is 10.5 Å². The van der Waals surface area contributed by atoms with Gasteiger partial charge in [0.15, 0.2) is 5.82 Å². The molecule has 1 aliphatic heterocycles. The minimum absolute atomic E-state index is 0.0135. The van der Waals surface area contributed by atoms with Gasteiger partial charge in [0.1, 0.15) is 5.65 Å². The molecule has 5 heterocycles. The van der Waals surface area contributed by atoms with Gasteiger partial charge in [-0.2, -0.15) is 16.7 Å². The van der Waals surface area contributed by atoms with Crippen LogP contribution in [0, 0.1) is 0 Å². The number of pyridine rings is 2. The van der Waals surface area contributed by atoms with Gasteiger partial charge in [-0.15, -0.1) is 0 Å². The van der Waals surface area contributed by atoms with Gasteiger partial charge in [0.25, 0.3) is 15.6 Å². The number of fused-ring (bicyclic) bond motifs is 1. The summed E-state index contributed by atoms with van der Waals surface area (Å²) in [5.74, 6) is 1.46. The van der Waals surface area contributed by atoms with Gasteiger partial charge in [-0.25, -0.2) is 22.4 Å². The lowest BCUT2D eigenvalue weighted by Crippen LogP contribution is -2.28. The molecule has 1 saturated heterocycles. The topological polar surface area (TPSA) is 137 Å². The van der Waals surface area contributed by atoms with Gasteiger partial charge in [-0.3, -0.25) is 14.3 Å². The second kappa shape index (κ2) is 10.8. The average Bonchev–Trinajstić information content (AvgIpc) is 3.49. The summed E-state index contributed by atoms with van der Waals surface area (Å²) >= 11 is 1.95. The van der Waals surface area contributed by atoms with Crippen molar-refractivity contribution in [3.63, 3.8) is 0 Å². The molecule has 1 aromatic carbocycles. The molecule has 0 bridgehead atoms. The first-order valence-corrected chi connectivity index (χ1v) is 15.2. The zero-order valence-electron chi connectivity index (χ0n) is 21.6. The summed E-state index contributed by atoms with van der Waals surface area (Å²) in [6.07, 6.45) is 7.08. The maximum absolute atomic E-state index is 13.6. The highest BCUT2D eigenvalue weighted by Crippen LogP contribution is 2.31. The summed E-state index contributed by atoms with van der Waals surface area (Å²) in [7, 11) is -4.00. The fourth-order valence-electron chi connectivity index (χ4n) is 4.66. The molecule has 0 radical (unpaired) electrons.